The first kappa shape index (κ1) is 20.2. The van der Waals surface area contributed by atoms with Crippen LogP contribution < -0.4 is 5.32 Å². The summed E-state index contributed by atoms with van der Waals surface area (Å²) >= 11 is 0. The predicted molar refractivity (Wildman–Crippen MR) is 107 cm³/mol. The Balaban J connectivity index is 1.66. The van der Waals surface area contributed by atoms with E-state index in [0.717, 1.165) is 19.4 Å². The van der Waals surface area contributed by atoms with Crippen LogP contribution in [0, 0.1) is 17.7 Å². The number of benzene rings is 1. The number of rotatable bonds is 1. The largest absolute Gasteiger partial charge is 0.512 e. The van der Waals surface area contributed by atoms with Crippen molar-refractivity contribution in [3.8, 4) is 5.75 Å². The second kappa shape index (κ2) is 6.64. The molecule has 0 aromatic heterocycles. The Labute approximate surface area is 177 Å². The van der Waals surface area contributed by atoms with E-state index in [1.54, 1.807) is 0 Å². The van der Waals surface area contributed by atoms with Crippen molar-refractivity contribution < 1.29 is 34.4 Å². The minimum Gasteiger partial charge on any atom is -0.512 e. The van der Waals surface area contributed by atoms with Gasteiger partial charge in [0.1, 0.15) is 17.3 Å². The maximum Gasteiger partial charge on any atom is 0.201 e. The number of halogens is 1. The van der Waals surface area contributed by atoms with Gasteiger partial charge in [-0.3, -0.25) is 9.59 Å². The van der Waals surface area contributed by atoms with Gasteiger partial charge in [-0.2, -0.15) is 0 Å². The number of Topliss-reactive ketones (excluding diaryl/α,β-unsaturated/α-hetero) is 2. The Bertz CT molecular complexity index is 1100. The number of nitrogens with one attached hydrogen (secondary N) is 1. The maximum absolute atomic E-state index is 15.5. The topological polar surface area (TPSA) is 127 Å². The van der Waals surface area contributed by atoms with Crippen molar-refractivity contribution in [2.24, 2.45) is 11.8 Å². The fraction of sp³-hybridized carbons (Fsp3) is 0.478. The van der Waals surface area contributed by atoms with Crippen LogP contribution in [0.25, 0.3) is 0 Å². The van der Waals surface area contributed by atoms with Crippen LogP contribution in [0.4, 0.5) is 4.39 Å². The molecule has 8 heteroatoms. The summed E-state index contributed by atoms with van der Waals surface area (Å²) in [6, 6.07) is 1.01. The highest BCUT2D eigenvalue weighted by Gasteiger charge is 2.58. The van der Waals surface area contributed by atoms with Crippen LogP contribution in [0.3, 0.4) is 0 Å². The summed E-state index contributed by atoms with van der Waals surface area (Å²) in [4.78, 5) is 26.0. The fourth-order valence-electron chi connectivity index (χ4n) is 5.78. The Hall–Kier alpha value is -2.71. The number of aromatic hydroxyl groups is 1. The Morgan fingerprint density at radius 1 is 1.19 bits per heavy atom. The van der Waals surface area contributed by atoms with Gasteiger partial charge in [-0.1, -0.05) is 0 Å². The molecule has 164 valence electrons. The number of hydrogen-bond donors (Lipinski definition) is 5. The average molecular weight is 429 g/mol. The number of ketones is 2. The Kier molecular flexibility index (Phi) is 4.33. The molecule has 1 aromatic carbocycles. The molecule has 5 rings (SSSR count). The van der Waals surface area contributed by atoms with Gasteiger partial charge in [0.2, 0.25) is 5.78 Å². The van der Waals surface area contributed by atoms with Crippen LogP contribution in [0.2, 0.25) is 0 Å². The molecule has 2 unspecified atom stereocenters. The summed E-state index contributed by atoms with van der Waals surface area (Å²) in [7, 11) is 0. The van der Waals surface area contributed by atoms with E-state index in [2.05, 4.69) is 5.32 Å². The molecule has 5 N–H and O–H groups in total. The molecular formula is C23H24FNO6. The van der Waals surface area contributed by atoms with Gasteiger partial charge in [0.15, 0.2) is 11.4 Å². The number of aliphatic hydroxyl groups excluding tert-OH is 2. The van der Waals surface area contributed by atoms with E-state index in [4.69, 9.17) is 0 Å². The number of hydrogen-bond acceptors (Lipinski definition) is 7. The molecule has 1 aliphatic heterocycles. The standard InChI is InChI=1S/C23H24FNO6/c1-9-15(26)7-11-5-10-6-13-18(20(28)17(10)22(30)23(11,31)21(9)29)16(27)8-12(19(13)24)14-3-2-4-25-14/h8,10-11,14,25-27,30-31H,2-7H2,1H3/t10?,11-,14?,23+/m0/s1. The minimum atomic E-state index is -2.31. The average Bonchev–Trinajstić information content (AvgIpc) is 3.26. The van der Waals surface area contributed by atoms with Gasteiger partial charge in [0.05, 0.1) is 11.3 Å². The number of aliphatic hydroxyl groups is 3. The number of allylic oxidation sites excluding steroid dienone is 2. The molecule has 0 radical (unpaired) electrons. The molecule has 0 amide bonds. The lowest BCUT2D eigenvalue weighted by molar-refractivity contribution is -0.142. The number of phenolic OH excluding ortho intramolecular Hbond substituents is 1. The second-order valence-electron chi connectivity index (χ2n) is 9.10. The van der Waals surface area contributed by atoms with E-state index in [1.807, 2.05) is 0 Å². The lowest BCUT2D eigenvalue weighted by atomic mass is 9.60. The van der Waals surface area contributed by atoms with Crippen LogP contribution in [0.15, 0.2) is 28.7 Å². The van der Waals surface area contributed by atoms with Gasteiger partial charge in [-0.05, 0) is 51.1 Å². The maximum atomic E-state index is 15.5. The van der Waals surface area contributed by atoms with Crippen molar-refractivity contribution in [2.75, 3.05) is 6.54 Å². The highest BCUT2D eigenvalue weighted by atomic mass is 19.1. The van der Waals surface area contributed by atoms with Crippen molar-refractivity contribution >= 4 is 11.6 Å². The number of fused-ring (bicyclic) bond motifs is 3. The normalized spacial score (nSPS) is 32.8. The zero-order valence-corrected chi connectivity index (χ0v) is 17.0. The van der Waals surface area contributed by atoms with E-state index in [-0.39, 0.29) is 59.1 Å². The fourth-order valence-corrected chi connectivity index (χ4v) is 5.78. The second-order valence-corrected chi connectivity index (χ2v) is 9.10. The van der Waals surface area contributed by atoms with E-state index in [1.165, 1.54) is 13.0 Å². The van der Waals surface area contributed by atoms with E-state index >= 15 is 4.39 Å². The summed E-state index contributed by atoms with van der Waals surface area (Å²) in [5, 5.41) is 46.0. The monoisotopic (exact) mass is 429 g/mol. The molecule has 7 nitrogen and oxygen atoms in total. The number of carbonyl (C=O) groups excluding carboxylic acids is 2. The third-order valence-electron chi connectivity index (χ3n) is 7.47. The molecule has 1 fully saturated rings. The van der Waals surface area contributed by atoms with Crippen LogP contribution in [-0.4, -0.2) is 44.1 Å². The number of phenols is 1. The van der Waals surface area contributed by atoms with Crippen LogP contribution in [0.1, 0.15) is 60.1 Å². The van der Waals surface area contributed by atoms with Gasteiger partial charge in [0, 0.05) is 40.7 Å². The molecule has 31 heavy (non-hydrogen) atoms. The first-order chi connectivity index (χ1) is 14.7. The van der Waals surface area contributed by atoms with Gasteiger partial charge in [-0.25, -0.2) is 4.39 Å². The predicted octanol–water partition coefficient (Wildman–Crippen LogP) is 2.68. The molecule has 0 spiro atoms. The van der Waals surface area contributed by atoms with Crippen LogP contribution >= 0.6 is 0 Å². The summed E-state index contributed by atoms with van der Waals surface area (Å²) < 4.78 is 15.5. The molecule has 4 atom stereocenters. The molecule has 1 heterocycles. The van der Waals surface area contributed by atoms with E-state index in [9.17, 15) is 30.0 Å². The third kappa shape index (κ3) is 2.58. The highest BCUT2D eigenvalue weighted by Crippen LogP contribution is 2.52. The molecule has 0 saturated carbocycles. The summed E-state index contributed by atoms with van der Waals surface area (Å²) in [5.74, 6) is -4.91. The molecule has 1 saturated heterocycles. The Morgan fingerprint density at radius 3 is 2.61 bits per heavy atom. The molecule has 3 aliphatic carbocycles. The smallest absolute Gasteiger partial charge is 0.201 e. The summed E-state index contributed by atoms with van der Waals surface area (Å²) in [5.41, 5.74) is -2.34. The van der Waals surface area contributed by atoms with Gasteiger partial charge >= 0.3 is 0 Å². The first-order valence-corrected chi connectivity index (χ1v) is 10.6. The zero-order valence-electron chi connectivity index (χ0n) is 17.0. The van der Waals surface area contributed by atoms with Crippen molar-refractivity contribution in [3.63, 3.8) is 0 Å². The van der Waals surface area contributed by atoms with Crippen molar-refractivity contribution in [1.29, 1.82) is 0 Å². The molecule has 1 aromatic rings. The van der Waals surface area contributed by atoms with Crippen molar-refractivity contribution in [2.45, 2.75) is 50.7 Å². The van der Waals surface area contributed by atoms with Gasteiger partial charge in [-0.15, -0.1) is 0 Å². The zero-order chi connectivity index (χ0) is 22.2. The first-order valence-electron chi connectivity index (χ1n) is 10.6. The molecular weight excluding hydrogens is 405 g/mol. The SMILES string of the molecule is CC1=C(O)C[C@@H]2CC3Cc4c(F)c(C5CCCN5)cc(O)c4C(=O)C3=C(O)[C@]2(O)C1=O. The quantitative estimate of drug-likeness (QED) is 0.464. The van der Waals surface area contributed by atoms with Crippen molar-refractivity contribution in [3.05, 3.63) is 51.2 Å². The number of carbonyl (C=O) groups is 2. The van der Waals surface area contributed by atoms with Crippen molar-refractivity contribution in [1.82, 2.24) is 5.32 Å². The lowest BCUT2D eigenvalue weighted by Crippen LogP contribution is -2.55. The molecule has 4 aliphatic rings. The third-order valence-corrected chi connectivity index (χ3v) is 7.47. The van der Waals surface area contributed by atoms with Gasteiger partial charge < -0.3 is 25.7 Å². The Morgan fingerprint density at radius 2 is 1.94 bits per heavy atom. The van der Waals surface area contributed by atoms with E-state index in [0.29, 0.717) is 5.56 Å². The van der Waals surface area contributed by atoms with Gasteiger partial charge in [0.25, 0.3) is 0 Å². The minimum absolute atomic E-state index is 0.0251. The summed E-state index contributed by atoms with van der Waals surface area (Å²) in [6.07, 6.45) is 1.75. The van der Waals surface area contributed by atoms with Crippen LogP contribution in [-0.2, 0) is 11.2 Å². The van der Waals surface area contributed by atoms with E-state index < -0.39 is 40.6 Å². The molecule has 0 bridgehead atoms. The lowest BCUT2D eigenvalue weighted by Gasteiger charge is -2.45. The van der Waals surface area contributed by atoms with Crippen LogP contribution in [0.5, 0.6) is 5.75 Å². The highest BCUT2D eigenvalue weighted by molar-refractivity contribution is 6.15. The summed E-state index contributed by atoms with van der Waals surface area (Å²) in [6.45, 7) is 2.10.